The number of halogens is 2. The molecule has 0 bridgehead atoms. The largest absolute Gasteiger partial charge is 0.478 e. The first-order chi connectivity index (χ1) is 16.1. The molecule has 2 aromatic heterocycles. The molecule has 0 saturated carbocycles. The lowest BCUT2D eigenvalue weighted by Crippen LogP contribution is -2.19. The van der Waals surface area contributed by atoms with Crippen LogP contribution in [0.5, 0.6) is 0 Å². The molecule has 0 aliphatic carbocycles. The van der Waals surface area contributed by atoms with E-state index in [-0.39, 0.29) is 37.4 Å². The maximum absolute atomic E-state index is 13.7. The van der Waals surface area contributed by atoms with Crippen molar-refractivity contribution in [1.82, 2.24) is 8.96 Å². The van der Waals surface area contributed by atoms with E-state index in [2.05, 4.69) is 4.98 Å². The highest BCUT2D eigenvalue weighted by atomic mass is 35.5. The molecule has 0 spiro atoms. The fourth-order valence-corrected chi connectivity index (χ4v) is 5.88. The van der Waals surface area contributed by atoms with Crippen LogP contribution < -0.4 is 0 Å². The second kappa shape index (κ2) is 8.74. The van der Waals surface area contributed by atoms with Gasteiger partial charge in [0.15, 0.2) is 0 Å². The van der Waals surface area contributed by atoms with E-state index in [9.17, 15) is 28.7 Å². The van der Waals surface area contributed by atoms with Gasteiger partial charge >= 0.3 is 5.97 Å². The van der Waals surface area contributed by atoms with Crippen LogP contribution in [0.15, 0.2) is 59.6 Å². The fraction of sp³-hybridized carbons (Fsp3) is 0.0870. The van der Waals surface area contributed by atoms with E-state index < -0.39 is 27.7 Å². The summed E-state index contributed by atoms with van der Waals surface area (Å²) >= 11 is 12.4. The average Bonchev–Trinajstić information content (AvgIpc) is 3.20. The summed E-state index contributed by atoms with van der Waals surface area (Å²) in [5.41, 5.74) is 0.165. The Bertz CT molecular complexity index is 1610. The zero-order valence-corrected chi connectivity index (χ0v) is 19.7. The number of rotatable bonds is 5. The van der Waals surface area contributed by atoms with E-state index in [4.69, 9.17) is 23.2 Å². The summed E-state index contributed by atoms with van der Waals surface area (Å²) in [5, 5.41) is 29.9. The third-order valence-electron chi connectivity index (χ3n) is 5.31. The van der Waals surface area contributed by atoms with E-state index in [1.807, 2.05) is 6.07 Å². The minimum Gasteiger partial charge on any atom is -0.478 e. The number of fused-ring (bicyclic) bond motifs is 1. The Kier molecular flexibility index (Phi) is 6.10. The Labute approximate surface area is 204 Å². The van der Waals surface area contributed by atoms with Crippen molar-refractivity contribution in [3.63, 3.8) is 0 Å². The van der Waals surface area contributed by atoms with Gasteiger partial charge in [-0.05, 0) is 42.8 Å². The molecule has 1 unspecified atom stereocenters. The molecule has 2 N–H and O–H groups in total. The molecular formula is C23H15Cl2N3O5S. The third kappa shape index (κ3) is 3.81. The molecule has 2 aromatic carbocycles. The van der Waals surface area contributed by atoms with Crippen molar-refractivity contribution in [3.8, 4) is 6.07 Å². The number of carboxylic acids is 1. The third-order valence-corrected chi connectivity index (χ3v) is 7.77. The first kappa shape index (κ1) is 23.7. The molecule has 0 radical (unpaired) electrons. The van der Waals surface area contributed by atoms with Gasteiger partial charge in [-0.25, -0.2) is 22.2 Å². The van der Waals surface area contributed by atoms with Crippen LogP contribution in [-0.4, -0.2) is 33.6 Å². The molecule has 172 valence electrons. The van der Waals surface area contributed by atoms with Crippen LogP contribution in [-0.2, 0) is 10.0 Å². The molecule has 4 aromatic rings. The summed E-state index contributed by atoms with van der Waals surface area (Å²) in [6, 6.07) is 14.0. The molecule has 8 nitrogen and oxygen atoms in total. The highest BCUT2D eigenvalue weighted by molar-refractivity contribution is 7.90. The Morgan fingerprint density at radius 2 is 1.85 bits per heavy atom. The minimum atomic E-state index is -4.28. The molecule has 1 atom stereocenters. The van der Waals surface area contributed by atoms with Crippen LogP contribution in [0.3, 0.4) is 0 Å². The first-order valence-electron chi connectivity index (χ1n) is 9.70. The minimum absolute atomic E-state index is 0.0597. The summed E-state index contributed by atoms with van der Waals surface area (Å²) in [6.07, 6.45) is -0.814. The Morgan fingerprint density at radius 3 is 2.47 bits per heavy atom. The fourth-order valence-electron chi connectivity index (χ4n) is 3.71. The van der Waals surface area contributed by atoms with Gasteiger partial charge in [0, 0.05) is 17.1 Å². The molecule has 0 aliphatic heterocycles. The highest BCUT2D eigenvalue weighted by Gasteiger charge is 2.31. The maximum atomic E-state index is 13.7. The molecule has 11 heteroatoms. The van der Waals surface area contributed by atoms with Crippen LogP contribution in [0.1, 0.15) is 38.8 Å². The average molecular weight is 516 g/mol. The first-order valence-corrected chi connectivity index (χ1v) is 11.9. The SMILES string of the molecule is Cc1cc(C#N)cc2c1cc(C(O)c1c(Cl)ncc(C(=O)O)c1Cl)n2S(=O)(=O)c1ccccc1. The van der Waals surface area contributed by atoms with Gasteiger partial charge < -0.3 is 10.2 Å². The number of carboxylic acid groups (broad SMARTS) is 1. The standard InChI is InChI=1S/C23H15Cl2N3O5S/c1-12-7-13(10-26)8-17-15(12)9-18(28(17)34(32,33)14-5-3-2-4-6-14)21(29)19-20(24)16(23(30)31)11-27-22(19)25/h2-9,11,21,29H,1H3,(H,30,31). The Morgan fingerprint density at radius 1 is 1.18 bits per heavy atom. The number of pyridine rings is 1. The lowest BCUT2D eigenvalue weighted by Gasteiger charge is -2.18. The molecule has 4 rings (SSSR count). The van der Waals surface area contributed by atoms with Gasteiger partial charge in [-0.2, -0.15) is 5.26 Å². The van der Waals surface area contributed by atoms with Crippen molar-refractivity contribution < 1.29 is 23.4 Å². The smallest absolute Gasteiger partial charge is 0.338 e. The molecular weight excluding hydrogens is 501 g/mol. The van der Waals surface area contributed by atoms with E-state index in [0.29, 0.717) is 10.9 Å². The molecule has 0 fully saturated rings. The number of nitrogens with zero attached hydrogens (tertiary/aromatic N) is 3. The molecule has 0 aliphatic rings. The van der Waals surface area contributed by atoms with Crippen molar-refractivity contribution in [2.24, 2.45) is 0 Å². The van der Waals surface area contributed by atoms with Crippen LogP contribution in [0.4, 0.5) is 0 Å². The van der Waals surface area contributed by atoms with Gasteiger partial charge in [0.2, 0.25) is 0 Å². The van der Waals surface area contributed by atoms with Gasteiger partial charge in [0.05, 0.1) is 38.3 Å². The molecule has 34 heavy (non-hydrogen) atoms. The lowest BCUT2D eigenvalue weighted by molar-refractivity contribution is 0.0696. The van der Waals surface area contributed by atoms with Gasteiger partial charge in [-0.3, -0.25) is 0 Å². The van der Waals surface area contributed by atoms with E-state index in [0.717, 1.165) is 10.2 Å². The zero-order chi connectivity index (χ0) is 24.8. The van der Waals surface area contributed by atoms with Gasteiger partial charge in [-0.15, -0.1) is 0 Å². The van der Waals surface area contributed by atoms with Crippen molar-refractivity contribution in [1.29, 1.82) is 5.26 Å². The number of carbonyl (C=O) groups is 1. The monoisotopic (exact) mass is 515 g/mol. The number of aromatic nitrogens is 2. The van der Waals surface area contributed by atoms with Gasteiger partial charge in [0.1, 0.15) is 11.3 Å². The van der Waals surface area contributed by atoms with Crippen LogP contribution in [0.25, 0.3) is 10.9 Å². The van der Waals surface area contributed by atoms with E-state index >= 15 is 0 Å². The summed E-state index contributed by atoms with van der Waals surface area (Å²) in [5.74, 6) is -1.39. The number of aromatic carboxylic acids is 1. The predicted octanol–water partition coefficient (Wildman–Crippen LogP) is 4.54. The number of benzene rings is 2. The quantitative estimate of drug-likeness (QED) is 0.372. The lowest BCUT2D eigenvalue weighted by atomic mass is 10.0. The van der Waals surface area contributed by atoms with Crippen LogP contribution in [0.2, 0.25) is 10.2 Å². The van der Waals surface area contributed by atoms with Crippen molar-refractivity contribution in [3.05, 3.63) is 92.9 Å². The maximum Gasteiger partial charge on any atom is 0.338 e. The van der Waals surface area contributed by atoms with Gasteiger partial charge in [0.25, 0.3) is 10.0 Å². The van der Waals surface area contributed by atoms with E-state index in [1.54, 1.807) is 31.2 Å². The second-order valence-electron chi connectivity index (χ2n) is 7.39. The summed E-state index contributed by atoms with van der Waals surface area (Å²) in [6.45, 7) is 1.70. The summed E-state index contributed by atoms with van der Waals surface area (Å²) in [4.78, 5) is 15.3. The highest BCUT2D eigenvalue weighted by Crippen LogP contribution is 2.39. The molecule has 2 heterocycles. The van der Waals surface area contributed by atoms with Crippen molar-refractivity contribution >= 4 is 50.1 Å². The topological polar surface area (TPSA) is 133 Å². The number of aliphatic hydroxyl groups is 1. The van der Waals surface area contributed by atoms with Crippen molar-refractivity contribution in [2.45, 2.75) is 17.9 Å². The normalized spacial score (nSPS) is 12.4. The van der Waals surface area contributed by atoms with Crippen molar-refractivity contribution in [2.75, 3.05) is 0 Å². The summed E-state index contributed by atoms with van der Waals surface area (Å²) in [7, 11) is -4.28. The molecule has 0 amide bonds. The zero-order valence-electron chi connectivity index (χ0n) is 17.4. The van der Waals surface area contributed by atoms with E-state index in [1.165, 1.54) is 24.3 Å². The Hall–Kier alpha value is -3.42. The van der Waals surface area contributed by atoms with Crippen LogP contribution >= 0.6 is 23.2 Å². The number of nitriles is 1. The number of hydrogen-bond donors (Lipinski definition) is 2. The number of aryl methyl sites for hydroxylation is 1. The number of aliphatic hydroxyl groups excluding tert-OH is 1. The van der Waals surface area contributed by atoms with Crippen LogP contribution in [0, 0.1) is 18.3 Å². The molecule has 0 saturated heterocycles. The predicted molar refractivity (Wildman–Crippen MR) is 126 cm³/mol. The number of hydrogen-bond acceptors (Lipinski definition) is 6. The summed E-state index contributed by atoms with van der Waals surface area (Å²) < 4.78 is 28.3. The Balaban J connectivity index is 2.10. The van der Waals surface area contributed by atoms with Gasteiger partial charge in [-0.1, -0.05) is 41.4 Å². The second-order valence-corrected chi connectivity index (χ2v) is 9.91.